The lowest BCUT2D eigenvalue weighted by Gasteiger charge is -2.06. The number of amides is 1. The van der Waals surface area contributed by atoms with Crippen molar-refractivity contribution in [2.24, 2.45) is 5.10 Å². The van der Waals surface area contributed by atoms with Crippen molar-refractivity contribution in [1.29, 1.82) is 0 Å². The first-order valence-corrected chi connectivity index (χ1v) is 8.49. The Kier molecular flexibility index (Phi) is 4.76. The molecule has 0 radical (unpaired) electrons. The maximum atomic E-state index is 12.8. The maximum absolute atomic E-state index is 12.8. The molecule has 144 valence electrons. The number of benzene rings is 1. The molecule has 0 aliphatic carbocycles. The van der Waals surface area contributed by atoms with E-state index in [9.17, 15) is 4.79 Å². The smallest absolute Gasteiger partial charge is 0.294 e. The van der Waals surface area contributed by atoms with Gasteiger partial charge in [0.1, 0.15) is 5.69 Å². The third-order valence-corrected chi connectivity index (χ3v) is 4.03. The molecule has 1 aromatic carbocycles. The summed E-state index contributed by atoms with van der Waals surface area (Å²) in [5.74, 6) is -0.400. The fraction of sp³-hybridized carbons (Fsp3) is 0.0556. The molecule has 4 aromatic rings. The Labute approximate surface area is 164 Å². The number of nitrogens with zero attached hydrogens (tertiary/aromatic N) is 7. The molecule has 0 spiro atoms. The Morgan fingerprint density at radius 3 is 2.69 bits per heavy atom. The first kappa shape index (κ1) is 18.0. The molecule has 0 fully saturated rings. The van der Waals surface area contributed by atoms with Crippen LogP contribution in [0.15, 0.2) is 64.6 Å². The second-order valence-electron chi connectivity index (χ2n) is 5.92. The molecular weight excluding hydrogens is 374 g/mol. The number of pyridine rings is 1. The zero-order chi connectivity index (χ0) is 20.2. The van der Waals surface area contributed by atoms with E-state index >= 15 is 0 Å². The Morgan fingerprint density at radius 1 is 1.17 bits per heavy atom. The van der Waals surface area contributed by atoms with Crippen LogP contribution in [0.3, 0.4) is 0 Å². The van der Waals surface area contributed by atoms with E-state index in [0.717, 1.165) is 5.56 Å². The number of anilines is 1. The van der Waals surface area contributed by atoms with Crippen LogP contribution in [0, 0.1) is 0 Å². The fourth-order valence-corrected chi connectivity index (χ4v) is 2.60. The number of aromatic nitrogens is 6. The van der Waals surface area contributed by atoms with Gasteiger partial charge in [-0.15, -0.1) is 5.10 Å². The SMILES string of the molecule is C/C(=N/NC(=O)c1nnn(-c2nonc2N)c1-c1ccccc1)c1cccnc1. The van der Waals surface area contributed by atoms with Crippen molar-refractivity contribution in [2.75, 3.05) is 5.73 Å². The average molecular weight is 389 g/mol. The summed E-state index contributed by atoms with van der Waals surface area (Å²) in [6.45, 7) is 1.76. The molecule has 4 rings (SSSR count). The molecule has 11 nitrogen and oxygen atoms in total. The van der Waals surface area contributed by atoms with E-state index in [2.05, 4.69) is 40.8 Å². The van der Waals surface area contributed by atoms with Crippen LogP contribution in [-0.2, 0) is 0 Å². The average Bonchev–Trinajstić information content (AvgIpc) is 3.39. The first-order valence-electron chi connectivity index (χ1n) is 8.49. The van der Waals surface area contributed by atoms with Gasteiger partial charge in [-0.1, -0.05) is 41.6 Å². The zero-order valence-corrected chi connectivity index (χ0v) is 15.2. The van der Waals surface area contributed by atoms with Gasteiger partial charge in [0, 0.05) is 23.5 Å². The van der Waals surface area contributed by atoms with Gasteiger partial charge in [0.2, 0.25) is 11.6 Å². The molecule has 11 heteroatoms. The molecule has 3 heterocycles. The van der Waals surface area contributed by atoms with Crippen molar-refractivity contribution < 1.29 is 9.42 Å². The maximum Gasteiger partial charge on any atom is 0.294 e. The normalized spacial score (nSPS) is 11.4. The number of carbonyl (C=O) groups excluding carboxylic acids is 1. The number of nitrogens with two attached hydrogens (primary N) is 1. The monoisotopic (exact) mass is 389 g/mol. The van der Waals surface area contributed by atoms with Crippen molar-refractivity contribution in [3.8, 4) is 17.1 Å². The Balaban J connectivity index is 1.71. The van der Waals surface area contributed by atoms with Crippen LogP contribution >= 0.6 is 0 Å². The van der Waals surface area contributed by atoms with Crippen molar-refractivity contribution in [1.82, 2.24) is 35.7 Å². The third kappa shape index (κ3) is 3.56. The van der Waals surface area contributed by atoms with Gasteiger partial charge in [0.25, 0.3) is 5.91 Å². The van der Waals surface area contributed by atoms with Crippen LogP contribution in [0.2, 0.25) is 0 Å². The number of nitrogen functional groups attached to an aromatic ring is 1. The van der Waals surface area contributed by atoms with Gasteiger partial charge in [-0.2, -0.15) is 9.78 Å². The number of carbonyl (C=O) groups is 1. The van der Waals surface area contributed by atoms with Crippen molar-refractivity contribution in [3.05, 3.63) is 66.1 Å². The molecule has 3 N–H and O–H groups in total. The van der Waals surface area contributed by atoms with Gasteiger partial charge < -0.3 is 5.73 Å². The van der Waals surface area contributed by atoms with E-state index in [4.69, 9.17) is 5.73 Å². The highest BCUT2D eigenvalue weighted by atomic mass is 16.6. The molecule has 1 amide bonds. The topological polar surface area (TPSA) is 150 Å². The van der Waals surface area contributed by atoms with Crippen LogP contribution in [0.1, 0.15) is 23.0 Å². The Hall–Kier alpha value is -4.41. The minimum absolute atomic E-state index is 0.0180. The highest BCUT2D eigenvalue weighted by Gasteiger charge is 2.25. The predicted molar refractivity (Wildman–Crippen MR) is 103 cm³/mol. The van der Waals surface area contributed by atoms with Gasteiger partial charge in [0.15, 0.2) is 5.69 Å². The largest absolute Gasteiger partial charge is 0.378 e. The highest BCUT2D eigenvalue weighted by Crippen LogP contribution is 2.26. The number of nitrogens with one attached hydrogen (secondary N) is 1. The van der Waals surface area contributed by atoms with Gasteiger partial charge in [0.05, 0.1) is 5.71 Å². The zero-order valence-electron chi connectivity index (χ0n) is 15.2. The summed E-state index contributed by atoms with van der Waals surface area (Å²) in [5, 5.41) is 19.4. The van der Waals surface area contributed by atoms with Crippen molar-refractivity contribution in [3.63, 3.8) is 0 Å². The second kappa shape index (κ2) is 7.68. The lowest BCUT2D eigenvalue weighted by atomic mass is 10.1. The molecular formula is C18H15N9O2. The number of hydrogen-bond donors (Lipinski definition) is 2. The van der Waals surface area contributed by atoms with Gasteiger partial charge in [-0.05, 0) is 23.3 Å². The predicted octanol–water partition coefficient (Wildman–Crippen LogP) is 1.45. The molecule has 0 aliphatic heterocycles. The second-order valence-corrected chi connectivity index (χ2v) is 5.92. The quantitative estimate of drug-likeness (QED) is 0.384. The van der Waals surface area contributed by atoms with Crippen LogP contribution in [0.4, 0.5) is 5.82 Å². The molecule has 0 bridgehead atoms. The lowest BCUT2D eigenvalue weighted by molar-refractivity contribution is 0.0950. The van der Waals surface area contributed by atoms with E-state index in [1.54, 1.807) is 37.5 Å². The highest BCUT2D eigenvalue weighted by molar-refractivity contribution is 6.02. The van der Waals surface area contributed by atoms with E-state index in [0.29, 0.717) is 17.0 Å². The van der Waals surface area contributed by atoms with Gasteiger partial charge in [-0.3, -0.25) is 9.78 Å². The molecule has 3 aromatic heterocycles. The first-order chi connectivity index (χ1) is 14.1. The summed E-state index contributed by atoms with van der Waals surface area (Å²) < 4.78 is 5.95. The fourth-order valence-electron chi connectivity index (χ4n) is 2.60. The summed E-state index contributed by atoms with van der Waals surface area (Å²) in [4.78, 5) is 16.8. The molecule has 0 saturated carbocycles. The Bertz CT molecular complexity index is 1170. The molecule has 0 unspecified atom stereocenters. The van der Waals surface area contributed by atoms with E-state index in [-0.39, 0.29) is 17.3 Å². The van der Waals surface area contributed by atoms with E-state index in [1.807, 2.05) is 24.3 Å². The van der Waals surface area contributed by atoms with Crippen molar-refractivity contribution >= 4 is 17.4 Å². The van der Waals surface area contributed by atoms with Crippen LogP contribution in [0.5, 0.6) is 0 Å². The lowest BCUT2D eigenvalue weighted by Crippen LogP contribution is -2.21. The van der Waals surface area contributed by atoms with E-state index in [1.165, 1.54) is 4.68 Å². The van der Waals surface area contributed by atoms with Crippen LogP contribution < -0.4 is 11.2 Å². The van der Waals surface area contributed by atoms with Gasteiger partial charge >= 0.3 is 0 Å². The molecule has 29 heavy (non-hydrogen) atoms. The van der Waals surface area contributed by atoms with E-state index < -0.39 is 5.91 Å². The van der Waals surface area contributed by atoms with Crippen LogP contribution in [0.25, 0.3) is 17.1 Å². The summed E-state index contributed by atoms with van der Waals surface area (Å²) >= 11 is 0. The Morgan fingerprint density at radius 2 is 2.00 bits per heavy atom. The standard InChI is InChI=1S/C18H15N9O2/c1-11(13-8-5-9-20-10-13)21-23-18(28)14-15(12-6-3-2-4-7-12)27(26-22-14)17-16(19)24-29-25-17/h2-10H,1H3,(H2,19,24)(H,23,28)/b21-11-. The summed E-state index contributed by atoms with van der Waals surface area (Å²) in [5.41, 5.74) is 10.7. The summed E-state index contributed by atoms with van der Waals surface area (Å²) in [6.07, 6.45) is 3.31. The molecule has 0 saturated heterocycles. The van der Waals surface area contributed by atoms with Gasteiger partial charge in [-0.25, -0.2) is 10.1 Å². The minimum atomic E-state index is -0.548. The molecule has 0 atom stereocenters. The summed E-state index contributed by atoms with van der Waals surface area (Å²) in [7, 11) is 0. The summed E-state index contributed by atoms with van der Waals surface area (Å²) in [6, 6.07) is 12.7. The molecule has 0 aliphatic rings. The van der Waals surface area contributed by atoms with Crippen molar-refractivity contribution in [2.45, 2.75) is 6.92 Å². The minimum Gasteiger partial charge on any atom is -0.378 e. The number of hydrazone groups is 1. The number of hydrogen-bond acceptors (Lipinski definition) is 9. The van der Waals surface area contributed by atoms with Crippen LogP contribution in [-0.4, -0.2) is 41.9 Å². The third-order valence-electron chi connectivity index (χ3n) is 4.03. The number of rotatable bonds is 5.